The van der Waals surface area contributed by atoms with Crippen molar-refractivity contribution in [2.45, 2.75) is 26.7 Å². The summed E-state index contributed by atoms with van der Waals surface area (Å²) in [6.45, 7) is 6.31. The zero-order chi connectivity index (χ0) is 17.4. The Morgan fingerprint density at radius 1 is 1.04 bits per heavy atom. The average molecular weight is 330 g/mol. The molecule has 0 aliphatic rings. The zero-order valence-electron chi connectivity index (χ0n) is 14.9. The molecule has 6 nitrogen and oxygen atoms in total. The molecule has 0 bridgehead atoms. The van der Waals surface area contributed by atoms with Gasteiger partial charge in [-0.2, -0.15) is 4.98 Å². The topological polar surface area (TPSA) is 59.5 Å². The Balaban J connectivity index is 2.23. The molecule has 6 heteroatoms. The average Bonchev–Trinajstić information content (AvgIpc) is 2.62. The maximum Gasteiger partial charge on any atom is 0.229 e. The number of hydrogen-bond donors (Lipinski definition) is 1. The maximum absolute atomic E-state index is 5.41. The fourth-order valence-corrected chi connectivity index (χ4v) is 2.49. The molecule has 0 spiro atoms. The Bertz CT molecular complexity index is 643. The summed E-state index contributed by atoms with van der Waals surface area (Å²) < 4.78 is 10.6. The van der Waals surface area contributed by atoms with Gasteiger partial charge in [-0.15, -0.1) is 0 Å². The molecule has 1 aromatic heterocycles. The lowest BCUT2D eigenvalue weighted by molar-refractivity contribution is 0.395. The molecule has 0 aliphatic heterocycles. The summed E-state index contributed by atoms with van der Waals surface area (Å²) in [6.07, 6.45) is 3.94. The SMILES string of the molecule is CCCN(CCC)c1ccnc(Nc2ccc(OC)cc2OC)n1. The van der Waals surface area contributed by atoms with Crippen molar-refractivity contribution in [1.29, 1.82) is 0 Å². The van der Waals surface area contributed by atoms with Gasteiger partial charge in [0.2, 0.25) is 5.95 Å². The Morgan fingerprint density at radius 3 is 2.42 bits per heavy atom. The quantitative estimate of drug-likeness (QED) is 0.753. The van der Waals surface area contributed by atoms with Crippen molar-refractivity contribution in [3.8, 4) is 11.5 Å². The van der Waals surface area contributed by atoms with Crippen LogP contribution in [0.5, 0.6) is 11.5 Å². The van der Waals surface area contributed by atoms with Crippen LogP contribution in [-0.4, -0.2) is 37.3 Å². The van der Waals surface area contributed by atoms with E-state index in [1.54, 1.807) is 20.4 Å². The van der Waals surface area contributed by atoms with Gasteiger partial charge in [0.15, 0.2) is 0 Å². The van der Waals surface area contributed by atoms with Gasteiger partial charge in [0.1, 0.15) is 17.3 Å². The molecule has 1 N–H and O–H groups in total. The summed E-state index contributed by atoms with van der Waals surface area (Å²) in [5.41, 5.74) is 0.799. The summed E-state index contributed by atoms with van der Waals surface area (Å²) >= 11 is 0. The van der Waals surface area contributed by atoms with Crippen LogP contribution in [-0.2, 0) is 0 Å². The molecule has 0 saturated heterocycles. The number of methoxy groups -OCH3 is 2. The zero-order valence-corrected chi connectivity index (χ0v) is 14.9. The standard InChI is InChI=1S/C18H26N4O2/c1-5-11-22(12-6-2)17-9-10-19-18(21-17)20-15-8-7-14(23-3)13-16(15)24-4/h7-10,13H,5-6,11-12H2,1-4H3,(H,19,20,21). The third-order valence-electron chi connectivity index (χ3n) is 3.61. The lowest BCUT2D eigenvalue weighted by Crippen LogP contribution is -2.26. The molecule has 2 aromatic rings. The molecule has 2 rings (SSSR count). The third kappa shape index (κ3) is 4.50. The van der Waals surface area contributed by atoms with Gasteiger partial charge in [-0.25, -0.2) is 4.98 Å². The Labute approximate surface area is 143 Å². The van der Waals surface area contributed by atoms with E-state index in [1.165, 1.54) is 0 Å². The highest BCUT2D eigenvalue weighted by Gasteiger charge is 2.10. The monoisotopic (exact) mass is 330 g/mol. The van der Waals surface area contributed by atoms with Crippen molar-refractivity contribution in [3.05, 3.63) is 30.5 Å². The Morgan fingerprint density at radius 2 is 1.79 bits per heavy atom. The fourth-order valence-electron chi connectivity index (χ4n) is 2.49. The van der Waals surface area contributed by atoms with Crippen molar-refractivity contribution in [2.24, 2.45) is 0 Å². The number of aromatic nitrogens is 2. The number of benzene rings is 1. The molecule has 0 atom stereocenters. The predicted molar refractivity (Wildman–Crippen MR) is 97.7 cm³/mol. The minimum Gasteiger partial charge on any atom is -0.497 e. The first-order chi connectivity index (χ1) is 11.7. The van der Waals surface area contributed by atoms with Gasteiger partial charge in [0.05, 0.1) is 19.9 Å². The predicted octanol–water partition coefficient (Wildman–Crippen LogP) is 3.86. The van der Waals surface area contributed by atoms with Crippen molar-refractivity contribution in [2.75, 3.05) is 37.5 Å². The maximum atomic E-state index is 5.41. The summed E-state index contributed by atoms with van der Waals surface area (Å²) in [4.78, 5) is 11.2. The first-order valence-corrected chi connectivity index (χ1v) is 8.28. The van der Waals surface area contributed by atoms with Crippen LogP contribution in [0.3, 0.4) is 0 Å². The lowest BCUT2D eigenvalue weighted by Gasteiger charge is -2.22. The van der Waals surface area contributed by atoms with Crippen LogP contribution in [0.1, 0.15) is 26.7 Å². The summed E-state index contributed by atoms with van der Waals surface area (Å²) in [7, 11) is 3.26. The molecular formula is C18H26N4O2. The molecule has 0 saturated carbocycles. The second-order valence-corrected chi connectivity index (χ2v) is 5.42. The van der Waals surface area contributed by atoms with Gasteiger partial charge >= 0.3 is 0 Å². The van der Waals surface area contributed by atoms with Crippen LogP contribution in [0.4, 0.5) is 17.5 Å². The smallest absolute Gasteiger partial charge is 0.229 e. The minimum atomic E-state index is 0.549. The molecular weight excluding hydrogens is 304 g/mol. The molecule has 0 unspecified atom stereocenters. The van der Waals surface area contributed by atoms with E-state index >= 15 is 0 Å². The highest BCUT2D eigenvalue weighted by atomic mass is 16.5. The molecule has 0 amide bonds. The van der Waals surface area contributed by atoms with E-state index in [0.29, 0.717) is 11.7 Å². The van der Waals surface area contributed by atoms with E-state index in [9.17, 15) is 0 Å². The second-order valence-electron chi connectivity index (χ2n) is 5.42. The van der Waals surface area contributed by atoms with Crippen molar-refractivity contribution in [3.63, 3.8) is 0 Å². The van der Waals surface area contributed by atoms with Crippen LogP contribution in [0.15, 0.2) is 30.5 Å². The summed E-state index contributed by atoms with van der Waals surface area (Å²) in [6, 6.07) is 7.53. The van der Waals surface area contributed by atoms with Gasteiger partial charge < -0.3 is 19.7 Å². The highest BCUT2D eigenvalue weighted by Crippen LogP contribution is 2.30. The summed E-state index contributed by atoms with van der Waals surface area (Å²) in [5.74, 6) is 2.91. The van der Waals surface area contributed by atoms with E-state index < -0.39 is 0 Å². The van der Waals surface area contributed by atoms with Gasteiger partial charge in [-0.1, -0.05) is 13.8 Å². The van der Waals surface area contributed by atoms with Crippen LogP contribution in [0, 0.1) is 0 Å². The van der Waals surface area contributed by atoms with E-state index in [0.717, 1.165) is 43.2 Å². The number of ether oxygens (including phenoxy) is 2. The van der Waals surface area contributed by atoms with Gasteiger partial charge in [0.25, 0.3) is 0 Å². The molecule has 24 heavy (non-hydrogen) atoms. The lowest BCUT2D eigenvalue weighted by atomic mass is 10.2. The molecule has 130 valence electrons. The van der Waals surface area contributed by atoms with Crippen molar-refractivity contribution < 1.29 is 9.47 Å². The van der Waals surface area contributed by atoms with Gasteiger partial charge in [0, 0.05) is 25.4 Å². The molecule has 0 fully saturated rings. The Kier molecular flexibility index (Phi) is 6.66. The van der Waals surface area contributed by atoms with Crippen molar-refractivity contribution in [1.82, 2.24) is 9.97 Å². The highest BCUT2D eigenvalue weighted by molar-refractivity contribution is 5.64. The van der Waals surface area contributed by atoms with Crippen LogP contribution < -0.4 is 19.7 Å². The normalized spacial score (nSPS) is 10.3. The Hall–Kier alpha value is -2.50. The summed E-state index contributed by atoms with van der Waals surface area (Å²) in [5, 5.41) is 3.22. The van der Waals surface area contributed by atoms with Gasteiger partial charge in [-0.05, 0) is 31.0 Å². The molecule has 1 aromatic carbocycles. The van der Waals surface area contributed by atoms with E-state index in [1.807, 2.05) is 24.3 Å². The van der Waals surface area contributed by atoms with E-state index in [2.05, 4.69) is 34.0 Å². The number of rotatable bonds is 9. The fraction of sp³-hybridized carbons (Fsp3) is 0.444. The van der Waals surface area contributed by atoms with Crippen LogP contribution in [0.2, 0.25) is 0 Å². The van der Waals surface area contributed by atoms with Crippen molar-refractivity contribution >= 4 is 17.5 Å². The number of hydrogen-bond acceptors (Lipinski definition) is 6. The number of nitrogens with zero attached hydrogens (tertiary/aromatic N) is 3. The number of anilines is 3. The van der Waals surface area contributed by atoms with Gasteiger partial charge in [-0.3, -0.25) is 0 Å². The van der Waals surface area contributed by atoms with Crippen LogP contribution in [0.25, 0.3) is 0 Å². The molecule has 1 heterocycles. The van der Waals surface area contributed by atoms with E-state index in [4.69, 9.17) is 9.47 Å². The van der Waals surface area contributed by atoms with Crippen LogP contribution >= 0.6 is 0 Å². The minimum absolute atomic E-state index is 0.549. The molecule has 0 radical (unpaired) electrons. The number of nitrogens with one attached hydrogen (secondary N) is 1. The van der Waals surface area contributed by atoms with E-state index in [-0.39, 0.29) is 0 Å². The molecule has 0 aliphatic carbocycles. The first kappa shape index (κ1) is 17.8. The largest absolute Gasteiger partial charge is 0.497 e. The first-order valence-electron chi connectivity index (χ1n) is 8.28. The second kappa shape index (κ2) is 8.96. The third-order valence-corrected chi connectivity index (χ3v) is 3.61.